The Bertz CT molecular complexity index is 949. The van der Waals surface area contributed by atoms with Crippen molar-refractivity contribution in [2.24, 2.45) is 0 Å². The second kappa shape index (κ2) is 7.58. The highest BCUT2D eigenvalue weighted by atomic mass is 35.5. The van der Waals surface area contributed by atoms with Gasteiger partial charge in [0.1, 0.15) is 28.6 Å². The van der Waals surface area contributed by atoms with E-state index in [2.05, 4.69) is 0 Å². The number of Topliss-reactive ketones (excluding diaryl/α,β-unsaturated/α-hetero) is 2. The van der Waals surface area contributed by atoms with Gasteiger partial charge < -0.3 is 9.47 Å². The molecule has 1 fully saturated rings. The second-order valence-electron chi connectivity index (χ2n) is 8.51. The van der Waals surface area contributed by atoms with Crippen LogP contribution >= 0.6 is 11.6 Å². The van der Waals surface area contributed by atoms with E-state index in [9.17, 15) is 9.59 Å². The topological polar surface area (TPSA) is 52.6 Å². The van der Waals surface area contributed by atoms with Crippen LogP contribution in [0.4, 0.5) is 0 Å². The first-order valence-corrected chi connectivity index (χ1v) is 10.2. The lowest BCUT2D eigenvalue weighted by molar-refractivity contribution is -0.184. The second-order valence-corrected chi connectivity index (χ2v) is 8.95. The molecule has 0 aliphatic carbocycles. The average Bonchev–Trinajstić information content (AvgIpc) is 2.62. The maximum atomic E-state index is 13.2. The third-order valence-corrected chi connectivity index (χ3v) is 5.63. The third kappa shape index (κ3) is 4.10. The zero-order valence-corrected chi connectivity index (χ0v) is 18.5. The van der Waals surface area contributed by atoms with Gasteiger partial charge in [-0.15, -0.1) is 0 Å². The molecule has 2 aromatic rings. The predicted molar refractivity (Wildman–Crippen MR) is 114 cm³/mol. The molecule has 1 aliphatic heterocycles. The molecule has 0 spiro atoms. The van der Waals surface area contributed by atoms with Crippen LogP contribution < -0.4 is 4.74 Å². The molecule has 0 bridgehead atoms. The number of carbonyl (C=O) groups is 2. The fourth-order valence-corrected chi connectivity index (χ4v) is 4.14. The van der Waals surface area contributed by atoms with E-state index >= 15 is 0 Å². The van der Waals surface area contributed by atoms with Gasteiger partial charge in [-0.05, 0) is 88.1 Å². The molecular formula is C24H27ClO4. The van der Waals surface area contributed by atoms with E-state index in [0.717, 1.165) is 11.1 Å². The Morgan fingerprint density at radius 2 is 1.62 bits per heavy atom. The van der Waals surface area contributed by atoms with Gasteiger partial charge in [0.2, 0.25) is 0 Å². The van der Waals surface area contributed by atoms with E-state index in [1.54, 1.807) is 33.8 Å². The zero-order valence-electron chi connectivity index (χ0n) is 17.8. The van der Waals surface area contributed by atoms with Crippen molar-refractivity contribution >= 4 is 23.2 Å². The van der Waals surface area contributed by atoms with Crippen LogP contribution in [0.1, 0.15) is 57.2 Å². The van der Waals surface area contributed by atoms with Crippen LogP contribution in [0.15, 0.2) is 36.4 Å². The lowest BCUT2D eigenvalue weighted by atomic mass is 9.73. The molecule has 3 rings (SSSR count). The summed E-state index contributed by atoms with van der Waals surface area (Å²) in [6.07, 6.45) is 0.703. The maximum Gasteiger partial charge on any atom is 0.179 e. The Morgan fingerprint density at radius 3 is 2.17 bits per heavy atom. The molecule has 1 saturated heterocycles. The standard InChI is InChI=1S/C24H27ClO4/c1-7-15-8-10-17(28-19-11-9-16(25)12-14(19)2)13-18(15)20-21(26)23(3,4)29-24(5,6)22(20)27/h8-13,20H,7H2,1-6H3. The Labute approximate surface area is 177 Å². The van der Waals surface area contributed by atoms with E-state index in [1.807, 2.05) is 44.2 Å². The van der Waals surface area contributed by atoms with Gasteiger partial charge in [0.15, 0.2) is 11.6 Å². The monoisotopic (exact) mass is 414 g/mol. The van der Waals surface area contributed by atoms with E-state index in [-0.39, 0.29) is 11.6 Å². The number of halogens is 1. The smallest absolute Gasteiger partial charge is 0.179 e. The van der Waals surface area contributed by atoms with Crippen molar-refractivity contribution in [2.75, 3.05) is 0 Å². The molecule has 0 atom stereocenters. The number of benzene rings is 2. The third-order valence-electron chi connectivity index (χ3n) is 5.40. The molecule has 5 heteroatoms. The lowest BCUT2D eigenvalue weighted by Crippen LogP contribution is -2.58. The minimum atomic E-state index is -1.04. The van der Waals surface area contributed by atoms with E-state index in [1.165, 1.54) is 0 Å². The Morgan fingerprint density at radius 1 is 1.00 bits per heavy atom. The molecule has 1 heterocycles. The highest BCUT2D eigenvalue weighted by molar-refractivity contribution is 6.30. The molecular weight excluding hydrogens is 388 g/mol. The largest absolute Gasteiger partial charge is 0.457 e. The molecule has 1 aliphatic rings. The van der Waals surface area contributed by atoms with Gasteiger partial charge in [0.25, 0.3) is 0 Å². The summed E-state index contributed by atoms with van der Waals surface area (Å²) in [7, 11) is 0. The lowest BCUT2D eigenvalue weighted by Gasteiger charge is -2.43. The molecule has 0 radical (unpaired) electrons. The van der Waals surface area contributed by atoms with Crippen LogP contribution in [-0.2, 0) is 20.7 Å². The highest BCUT2D eigenvalue weighted by Gasteiger charge is 2.53. The average molecular weight is 415 g/mol. The van der Waals surface area contributed by atoms with Gasteiger partial charge in [-0.2, -0.15) is 0 Å². The summed E-state index contributed by atoms with van der Waals surface area (Å²) in [5, 5.41) is 0.639. The number of hydrogen-bond donors (Lipinski definition) is 0. The minimum absolute atomic E-state index is 0.226. The van der Waals surface area contributed by atoms with Crippen LogP contribution in [0.25, 0.3) is 0 Å². The van der Waals surface area contributed by atoms with Gasteiger partial charge in [0.05, 0.1) is 0 Å². The zero-order chi connectivity index (χ0) is 21.6. The molecule has 154 valence electrons. The van der Waals surface area contributed by atoms with E-state index in [0.29, 0.717) is 28.5 Å². The van der Waals surface area contributed by atoms with Crippen molar-refractivity contribution in [2.45, 2.75) is 65.1 Å². The van der Waals surface area contributed by atoms with Gasteiger partial charge in [0, 0.05) is 5.02 Å². The number of ether oxygens (including phenoxy) is 2. The van der Waals surface area contributed by atoms with Crippen LogP contribution in [-0.4, -0.2) is 22.8 Å². The predicted octanol–water partition coefficient (Wildman–Crippen LogP) is 5.81. The van der Waals surface area contributed by atoms with Crippen LogP contribution in [0.3, 0.4) is 0 Å². The van der Waals surface area contributed by atoms with Crippen LogP contribution in [0.5, 0.6) is 11.5 Å². The summed E-state index contributed by atoms with van der Waals surface area (Å²) < 4.78 is 11.9. The molecule has 0 saturated carbocycles. The summed E-state index contributed by atoms with van der Waals surface area (Å²) in [6, 6.07) is 11.0. The quantitative estimate of drug-likeness (QED) is 0.592. The van der Waals surface area contributed by atoms with Crippen molar-refractivity contribution < 1.29 is 19.1 Å². The van der Waals surface area contributed by atoms with Crippen molar-refractivity contribution in [1.82, 2.24) is 0 Å². The maximum absolute atomic E-state index is 13.2. The fourth-order valence-electron chi connectivity index (χ4n) is 3.92. The Hall–Kier alpha value is -2.17. The van der Waals surface area contributed by atoms with Crippen molar-refractivity contribution in [3.05, 3.63) is 58.1 Å². The highest BCUT2D eigenvalue weighted by Crippen LogP contribution is 2.41. The summed E-state index contributed by atoms with van der Waals surface area (Å²) in [6.45, 7) is 10.8. The van der Waals surface area contributed by atoms with Gasteiger partial charge in [-0.3, -0.25) is 9.59 Å². The SMILES string of the molecule is CCc1ccc(Oc2ccc(Cl)cc2C)cc1C1C(=O)C(C)(C)OC(C)(C)C1=O. The molecule has 0 aromatic heterocycles. The first-order chi connectivity index (χ1) is 13.5. The van der Waals surface area contributed by atoms with Crippen LogP contribution in [0, 0.1) is 6.92 Å². The molecule has 0 amide bonds. The Kier molecular flexibility index (Phi) is 5.63. The molecule has 0 unspecified atom stereocenters. The van der Waals surface area contributed by atoms with Gasteiger partial charge in [-0.25, -0.2) is 0 Å². The molecule has 2 aromatic carbocycles. The number of rotatable bonds is 4. The molecule has 0 N–H and O–H groups in total. The normalized spacial score (nSPS) is 18.7. The van der Waals surface area contributed by atoms with Crippen LogP contribution in [0.2, 0.25) is 5.02 Å². The number of hydrogen-bond acceptors (Lipinski definition) is 4. The number of aryl methyl sites for hydroxylation is 2. The van der Waals surface area contributed by atoms with Crippen molar-refractivity contribution in [3.8, 4) is 11.5 Å². The summed E-state index contributed by atoms with van der Waals surface area (Å²) in [4.78, 5) is 26.3. The van der Waals surface area contributed by atoms with Gasteiger partial charge in [-0.1, -0.05) is 24.6 Å². The van der Waals surface area contributed by atoms with Crippen molar-refractivity contribution in [1.29, 1.82) is 0 Å². The first kappa shape index (κ1) is 21.5. The first-order valence-electron chi connectivity index (χ1n) is 9.82. The minimum Gasteiger partial charge on any atom is -0.457 e. The Balaban J connectivity index is 2.07. The molecule has 4 nitrogen and oxygen atoms in total. The van der Waals surface area contributed by atoms with Crippen molar-refractivity contribution in [3.63, 3.8) is 0 Å². The number of carbonyl (C=O) groups excluding carboxylic acids is 2. The number of ketones is 2. The van der Waals surface area contributed by atoms with E-state index < -0.39 is 17.1 Å². The summed E-state index contributed by atoms with van der Waals surface area (Å²) >= 11 is 6.03. The van der Waals surface area contributed by atoms with Gasteiger partial charge >= 0.3 is 0 Å². The van der Waals surface area contributed by atoms with E-state index in [4.69, 9.17) is 21.1 Å². The summed E-state index contributed by atoms with van der Waals surface area (Å²) in [5.41, 5.74) is 0.452. The fraction of sp³-hybridized carbons (Fsp3) is 0.417. The molecule has 29 heavy (non-hydrogen) atoms. The summed E-state index contributed by atoms with van der Waals surface area (Å²) in [5.74, 6) is -0.0773.